The smallest absolute Gasteiger partial charge is 0.319 e. The second kappa shape index (κ2) is 9.90. The molecular formula is C18H18ClN5O2S2. The Bertz CT molecular complexity index is 921. The summed E-state index contributed by atoms with van der Waals surface area (Å²) in [6.07, 6.45) is 3.39. The van der Waals surface area contributed by atoms with E-state index in [0.717, 1.165) is 11.5 Å². The molecule has 10 heteroatoms. The van der Waals surface area contributed by atoms with Crippen molar-refractivity contribution in [2.75, 3.05) is 6.61 Å². The van der Waals surface area contributed by atoms with E-state index >= 15 is 0 Å². The van der Waals surface area contributed by atoms with Crippen LogP contribution in [0.5, 0.6) is 0 Å². The second-order valence-electron chi connectivity index (χ2n) is 5.54. The van der Waals surface area contributed by atoms with Crippen molar-refractivity contribution in [3.05, 3.63) is 53.6 Å². The molecule has 0 amide bonds. The molecule has 0 radical (unpaired) electrons. The van der Waals surface area contributed by atoms with Crippen molar-refractivity contribution in [2.24, 2.45) is 0 Å². The Kier molecular flexibility index (Phi) is 7.30. The molecule has 0 N–H and O–H groups in total. The maximum Gasteiger partial charge on any atom is 0.319 e. The summed E-state index contributed by atoms with van der Waals surface area (Å²) in [7, 11) is 0. The third-order valence-corrected chi connectivity index (χ3v) is 5.70. The first-order valence-electron chi connectivity index (χ1n) is 8.51. The van der Waals surface area contributed by atoms with Crippen LogP contribution in [0, 0.1) is 0 Å². The molecule has 0 fully saturated rings. The van der Waals surface area contributed by atoms with E-state index in [1.165, 1.54) is 23.5 Å². The largest absolute Gasteiger partial charge is 0.465 e. The summed E-state index contributed by atoms with van der Waals surface area (Å²) in [5.74, 6) is 0.957. The Morgan fingerprint density at radius 2 is 1.93 bits per heavy atom. The van der Waals surface area contributed by atoms with Gasteiger partial charge in [-0.25, -0.2) is 9.97 Å². The van der Waals surface area contributed by atoms with Crippen LogP contribution in [0.4, 0.5) is 0 Å². The van der Waals surface area contributed by atoms with E-state index in [2.05, 4.69) is 20.2 Å². The average Bonchev–Trinajstić information content (AvgIpc) is 3.10. The molecule has 0 unspecified atom stereocenters. The Morgan fingerprint density at radius 1 is 1.21 bits per heavy atom. The molecule has 0 bridgehead atoms. The van der Waals surface area contributed by atoms with Gasteiger partial charge in [0.05, 0.1) is 12.4 Å². The van der Waals surface area contributed by atoms with Gasteiger partial charge in [-0.2, -0.15) is 0 Å². The van der Waals surface area contributed by atoms with Crippen molar-refractivity contribution < 1.29 is 9.53 Å². The normalized spacial score (nSPS) is 12.0. The van der Waals surface area contributed by atoms with Gasteiger partial charge in [-0.05, 0) is 44.2 Å². The van der Waals surface area contributed by atoms with Crippen LogP contribution in [0.2, 0.25) is 5.02 Å². The van der Waals surface area contributed by atoms with Gasteiger partial charge in [-0.15, -0.1) is 10.2 Å². The van der Waals surface area contributed by atoms with E-state index < -0.39 is 5.25 Å². The number of carbonyl (C=O) groups is 1. The van der Waals surface area contributed by atoms with E-state index in [4.69, 9.17) is 16.3 Å². The predicted molar refractivity (Wildman–Crippen MR) is 110 cm³/mol. The zero-order valence-electron chi connectivity index (χ0n) is 15.3. The molecule has 0 aliphatic rings. The van der Waals surface area contributed by atoms with Crippen LogP contribution >= 0.6 is 35.1 Å². The van der Waals surface area contributed by atoms with Crippen LogP contribution < -0.4 is 0 Å². The number of hydrogen-bond donors (Lipinski definition) is 0. The Balaban J connectivity index is 1.88. The minimum absolute atomic E-state index is 0.285. The SMILES string of the molecule is CCOC(=O)[C@@H](C)Sc1nnc(CSc2ncccn2)n1-c1ccc(Cl)cc1. The number of hydrogen-bond acceptors (Lipinski definition) is 8. The quantitative estimate of drug-likeness (QED) is 0.297. The van der Waals surface area contributed by atoms with Crippen molar-refractivity contribution in [2.45, 2.75) is 35.2 Å². The fourth-order valence-electron chi connectivity index (χ4n) is 2.27. The molecule has 0 saturated carbocycles. The van der Waals surface area contributed by atoms with Gasteiger partial charge in [-0.3, -0.25) is 9.36 Å². The number of benzene rings is 1. The molecular weight excluding hydrogens is 418 g/mol. The van der Waals surface area contributed by atoms with Crippen molar-refractivity contribution in [1.82, 2.24) is 24.7 Å². The number of nitrogens with zero attached hydrogens (tertiary/aromatic N) is 5. The zero-order chi connectivity index (χ0) is 19.9. The standard InChI is InChI=1S/C18H18ClN5O2S2/c1-3-26-16(25)12(2)28-18-23-22-15(11-27-17-20-9-4-10-21-17)24(18)14-7-5-13(19)6-8-14/h4-10,12H,3,11H2,1-2H3/t12-/m1/s1. The molecule has 2 aromatic heterocycles. The molecule has 1 aromatic carbocycles. The summed E-state index contributed by atoms with van der Waals surface area (Å²) < 4.78 is 7.00. The lowest BCUT2D eigenvalue weighted by Crippen LogP contribution is -2.17. The highest BCUT2D eigenvalue weighted by molar-refractivity contribution is 8.00. The molecule has 0 spiro atoms. The lowest BCUT2D eigenvalue weighted by atomic mass is 10.3. The fourth-order valence-corrected chi connectivity index (χ4v) is 4.00. The average molecular weight is 436 g/mol. The first-order chi connectivity index (χ1) is 13.6. The number of ether oxygens (including phenoxy) is 1. The van der Waals surface area contributed by atoms with Gasteiger partial charge in [0.15, 0.2) is 10.3 Å². The van der Waals surface area contributed by atoms with E-state index in [9.17, 15) is 4.79 Å². The highest BCUT2D eigenvalue weighted by Crippen LogP contribution is 2.29. The van der Waals surface area contributed by atoms with Gasteiger partial charge in [0.25, 0.3) is 0 Å². The van der Waals surface area contributed by atoms with Gasteiger partial charge in [-0.1, -0.05) is 35.1 Å². The molecule has 0 aliphatic heterocycles. The minimum atomic E-state index is -0.409. The number of rotatable bonds is 8. The Morgan fingerprint density at radius 3 is 2.61 bits per heavy atom. The van der Waals surface area contributed by atoms with E-state index in [0.29, 0.717) is 27.7 Å². The zero-order valence-corrected chi connectivity index (χ0v) is 17.7. The maximum atomic E-state index is 12.0. The van der Waals surface area contributed by atoms with E-state index in [-0.39, 0.29) is 5.97 Å². The predicted octanol–water partition coefficient (Wildman–Crippen LogP) is 4.05. The van der Waals surface area contributed by atoms with Crippen molar-refractivity contribution >= 4 is 41.1 Å². The molecule has 0 saturated heterocycles. The first-order valence-corrected chi connectivity index (χ1v) is 10.8. The lowest BCUT2D eigenvalue weighted by Gasteiger charge is -2.13. The molecule has 146 valence electrons. The number of esters is 1. The summed E-state index contributed by atoms with van der Waals surface area (Å²) in [4.78, 5) is 20.5. The first kappa shape index (κ1) is 20.6. The van der Waals surface area contributed by atoms with Crippen LogP contribution in [0.1, 0.15) is 19.7 Å². The van der Waals surface area contributed by atoms with E-state index in [1.54, 1.807) is 44.4 Å². The summed E-state index contributed by atoms with van der Waals surface area (Å²) in [6.45, 7) is 3.91. The summed E-state index contributed by atoms with van der Waals surface area (Å²) in [6, 6.07) is 9.15. The molecule has 3 rings (SSSR count). The van der Waals surface area contributed by atoms with Gasteiger partial charge in [0, 0.05) is 23.1 Å². The highest BCUT2D eigenvalue weighted by atomic mass is 35.5. The van der Waals surface area contributed by atoms with Crippen LogP contribution in [0.25, 0.3) is 5.69 Å². The van der Waals surface area contributed by atoms with E-state index in [1.807, 2.05) is 16.7 Å². The summed E-state index contributed by atoms with van der Waals surface area (Å²) in [5.41, 5.74) is 0.859. The lowest BCUT2D eigenvalue weighted by molar-refractivity contribution is -0.142. The summed E-state index contributed by atoms with van der Waals surface area (Å²) in [5, 5.41) is 10.1. The van der Waals surface area contributed by atoms with Gasteiger partial charge in [0.1, 0.15) is 11.1 Å². The third-order valence-electron chi connectivity index (χ3n) is 3.56. The third kappa shape index (κ3) is 5.24. The maximum absolute atomic E-state index is 12.0. The van der Waals surface area contributed by atoms with Crippen molar-refractivity contribution in [1.29, 1.82) is 0 Å². The fraction of sp³-hybridized carbons (Fsp3) is 0.278. The van der Waals surface area contributed by atoms with Crippen molar-refractivity contribution in [3.8, 4) is 5.69 Å². The monoisotopic (exact) mass is 435 g/mol. The van der Waals surface area contributed by atoms with Gasteiger partial charge >= 0.3 is 5.97 Å². The number of thioether (sulfide) groups is 2. The highest BCUT2D eigenvalue weighted by Gasteiger charge is 2.22. The molecule has 1 atom stereocenters. The Hall–Kier alpha value is -2.10. The topological polar surface area (TPSA) is 82.8 Å². The molecule has 3 aromatic rings. The number of aromatic nitrogens is 5. The molecule has 7 nitrogen and oxygen atoms in total. The Labute approximate surface area is 176 Å². The van der Waals surface area contributed by atoms with Gasteiger partial charge < -0.3 is 4.74 Å². The van der Waals surface area contributed by atoms with Crippen LogP contribution in [-0.2, 0) is 15.3 Å². The molecule has 28 heavy (non-hydrogen) atoms. The molecule has 2 heterocycles. The van der Waals surface area contributed by atoms with Crippen LogP contribution in [-0.4, -0.2) is 42.6 Å². The van der Waals surface area contributed by atoms with Crippen molar-refractivity contribution in [3.63, 3.8) is 0 Å². The number of halogens is 1. The molecule has 0 aliphatic carbocycles. The van der Waals surface area contributed by atoms with Gasteiger partial charge in [0.2, 0.25) is 0 Å². The minimum Gasteiger partial charge on any atom is -0.465 e. The van der Waals surface area contributed by atoms with Crippen LogP contribution in [0.15, 0.2) is 53.0 Å². The summed E-state index contributed by atoms with van der Waals surface area (Å²) >= 11 is 8.79. The second-order valence-corrected chi connectivity index (χ2v) is 8.23. The number of carbonyl (C=O) groups excluding carboxylic acids is 1. The van der Waals surface area contributed by atoms with Crippen LogP contribution in [0.3, 0.4) is 0 Å².